The third-order valence-corrected chi connectivity index (χ3v) is 2.75. The Bertz CT molecular complexity index is 300. The van der Waals surface area contributed by atoms with Crippen LogP contribution >= 0.6 is 0 Å². The maximum atomic E-state index is 8.99. The molecule has 0 radical (unpaired) electrons. The molecule has 1 unspecified atom stereocenters. The summed E-state index contributed by atoms with van der Waals surface area (Å²) in [5.41, 5.74) is 1.76. The zero-order chi connectivity index (χ0) is 9.97. The zero-order valence-electron chi connectivity index (χ0n) is 8.31. The highest BCUT2D eigenvalue weighted by atomic mass is 16.6. The molecule has 0 spiro atoms. The van der Waals surface area contributed by atoms with Gasteiger partial charge in [0.1, 0.15) is 11.4 Å². The molecule has 0 saturated carbocycles. The van der Waals surface area contributed by atoms with Crippen molar-refractivity contribution in [2.24, 2.45) is 5.92 Å². The summed E-state index contributed by atoms with van der Waals surface area (Å²) in [5, 5.41) is 16.6. The highest BCUT2D eigenvalue weighted by molar-refractivity contribution is 5.04. The minimum absolute atomic E-state index is 0.284. The number of likely N-dealkylation sites (tertiary alicyclic amines) is 1. The summed E-state index contributed by atoms with van der Waals surface area (Å²) in [7, 11) is 0. The molecule has 0 amide bonds. The monoisotopic (exact) mass is 197 g/mol. The van der Waals surface area contributed by atoms with Crippen molar-refractivity contribution in [1.82, 2.24) is 15.2 Å². The first-order valence-electron chi connectivity index (χ1n) is 4.91. The quantitative estimate of drug-likeness (QED) is 0.749. The van der Waals surface area contributed by atoms with Crippen molar-refractivity contribution >= 4 is 0 Å². The van der Waals surface area contributed by atoms with Gasteiger partial charge in [-0.05, 0) is 25.8 Å². The third kappa shape index (κ3) is 1.93. The van der Waals surface area contributed by atoms with E-state index in [9.17, 15) is 0 Å². The van der Waals surface area contributed by atoms with Crippen LogP contribution in [0.25, 0.3) is 0 Å². The SMILES string of the molecule is Cc1nonc1CN1CCC(CO)C1. The van der Waals surface area contributed by atoms with Crippen LogP contribution in [-0.2, 0) is 6.54 Å². The van der Waals surface area contributed by atoms with E-state index in [4.69, 9.17) is 5.11 Å². The lowest BCUT2D eigenvalue weighted by Crippen LogP contribution is -2.21. The van der Waals surface area contributed by atoms with E-state index in [1.54, 1.807) is 0 Å². The normalized spacial score (nSPS) is 23.1. The summed E-state index contributed by atoms with van der Waals surface area (Å²) in [4.78, 5) is 2.27. The molecule has 0 bridgehead atoms. The van der Waals surface area contributed by atoms with Gasteiger partial charge in [-0.25, -0.2) is 4.63 Å². The van der Waals surface area contributed by atoms with Crippen LogP contribution in [0.5, 0.6) is 0 Å². The largest absolute Gasteiger partial charge is 0.396 e. The zero-order valence-corrected chi connectivity index (χ0v) is 8.31. The van der Waals surface area contributed by atoms with Crippen molar-refractivity contribution in [3.63, 3.8) is 0 Å². The molecule has 1 atom stereocenters. The van der Waals surface area contributed by atoms with E-state index in [0.29, 0.717) is 5.92 Å². The Morgan fingerprint density at radius 3 is 3.00 bits per heavy atom. The van der Waals surface area contributed by atoms with Gasteiger partial charge in [-0.3, -0.25) is 4.90 Å². The Labute approximate surface area is 82.7 Å². The predicted octanol–water partition coefficient (Wildman–Crippen LogP) is 0.192. The summed E-state index contributed by atoms with van der Waals surface area (Å²) in [6.45, 7) is 4.93. The molecular formula is C9H15N3O2. The Hall–Kier alpha value is -0.940. The molecule has 1 aromatic rings. The van der Waals surface area contributed by atoms with Crippen molar-refractivity contribution in [1.29, 1.82) is 0 Å². The fraction of sp³-hybridized carbons (Fsp3) is 0.778. The van der Waals surface area contributed by atoms with Crippen LogP contribution < -0.4 is 0 Å². The fourth-order valence-electron chi connectivity index (χ4n) is 1.81. The maximum absolute atomic E-state index is 8.99. The van der Waals surface area contributed by atoms with Crippen LogP contribution in [0.2, 0.25) is 0 Å². The van der Waals surface area contributed by atoms with Gasteiger partial charge in [0, 0.05) is 19.7 Å². The lowest BCUT2D eigenvalue weighted by molar-refractivity contribution is 0.218. The van der Waals surface area contributed by atoms with E-state index in [0.717, 1.165) is 37.4 Å². The van der Waals surface area contributed by atoms with E-state index in [1.165, 1.54) is 0 Å². The number of rotatable bonds is 3. The molecule has 2 rings (SSSR count). The van der Waals surface area contributed by atoms with Crippen LogP contribution in [0, 0.1) is 12.8 Å². The summed E-state index contributed by atoms with van der Waals surface area (Å²) >= 11 is 0. The van der Waals surface area contributed by atoms with Gasteiger partial charge in [0.2, 0.25) is 0 Å². The third-order valence-electron chi connectivity index (χ3n) is 2.75. The standard InChI is InChI=1S/C9H15N3O2/c1-7-9(11-14-10-7)5-12-3-2-8(4-12)6-13/h8,13H,2-6H2,1H3. The maximum Gasteiger partial charge on any atom is 0.122 e. The average molecular weight is 197 g/mol. The summed E-state index contributed by atoms with van der Waals surface area (Å²) in [5.74, 6) is 0.426. The summed E-state index contributed by atoms with van der Waals surface area (Å²) in [6, 6.07) is 0. The number of nitrogens with zero attached hydrogens (tertiary/aromatic N) is 3. The van der Waals surface area contributed by atoms with Gasteiger partial charge < -0.3 is 5.11 Å². The first kappa shape index (κ1) is 9.61. The molecule has 14 heavy (non-hydrogen) atoms. The number of aliphatic hydroxyl groups excluding tert-OH is 1. The molecule has 0 aliphatic carbocycles. The van der Waals surface area contributed by atoms with E-state index >= 15 is 0 Å². The highest BCUT2D eigenvalue weighted by Gasteiger charge is 2.23. The van der Waals surface area contributed by atoms with Crippen LogP contribution in [0.15, 0.2) is 4.63 Å². The average Bonchev–Trinajstić information content (AvgIpc) is 2.77. The Kier molecular flexibility index (Phi) is 2.79. The molecule has 78 valence electrons. The second kappa shape index (κ2) is 4.06. The molecule has 0 aromatic carbocycles. The summed E-state index contributed by atoms with van der Waals surface area (Å²) < 4.78 is 4.63. The van der Waals surface area contributed by atoms with Crippen molar-refractivity contribution in [3.8, 4) is 0 Å². The van der Waals surface area contributed by atoms with Crippen LogP contribution in [-0.4, -0.2) is 40.0 Å². The molecule has 1 fully saturated rings. The van der Waals surface area contributed by atoms with Crippen molar-refractivity contribution < 1.29 is 9.74 Å². The molecule has 5 nitrogen and oxygen atoms in total. The van der Waals surface area contributed by atoms with Crippen LogP contribution in [0.3, 0.4) is 0 Å². The van der Waals surface area contributed by atoms with Gasteiger partial charge in [-0.1, -0.05) is 10.3 Å². The van der Waals surface area contributed by atoms with E-state index < -0.39 is 0 Å². The van der Waals surface area contributed by atoms with Crippen molar-refractivity contribution in [2.45, 2.75) is 19.9 Å². The fourth-order valence-corrected chi connectivity index (χ4v) is 1.81. The van der Waals surface area contributed by atoms with E-state index in [1.807, 2.05) is 6.92 Å². The number of hydrogen-bond acceptors (Lipinski definition) is 5. The molecule has 1 aromatic heterocycles. The van der Waals surface area contributed by atoms with Crippen LogP contribution in [0.4, 0.5) is 0 Å². The smallest absolute Gasteiger partial charge is 0.122 e. The lowest BCUT2D eigenvalue weighted by atomic mass is 10.1. The van der Waals surface area contributed by atoms with Gasteiger partial charge in [0.25, 0.3) is 0 Å². The topological polar surface area (TPSA) is 62.4 Å². The first-order valence-corrected chi connectivity index (χ1v) is 4.91. The van der Waals surface area contributed by atoms with Gasteiger partial charge >= 0.3 is 0 Å². The predicted molar refractivity (Wildman–Crippen MR) is 49.5 cm³/mol. The highest BCUT2D eigenvalue weighted by Crippen LogP contribution is 2.17. The Morgan fingerprint density at radius 2 is 2.43 bits per heavy atom. The second-order valence-corrected chi connectivity index (χ2v) is 3.87. The molecule has 1 aliphatic rings. The minimum Gasteiger partial charge on any atom is -0.396 e. The van der Waals surface area contributed by atoms with E-state index in [-0.39, 0.29) is 6.61 Å². The molecule has 1 saturated heterocycles. The number of aryl methyl sites for hydroxylation is 1. The van der Waals surface area contributed by atoms with Gasteiger partial charge in [0.05, 0.1) is 0 Å². The molecular weight excluding hydrogens is 182 g/mol. The van der Waals surface area contributed by atoms with Crippen molar-refractivity contribution in [2.75, 3.05) is 19.7 Å². The summed E-state index contributed by atoms with van der Waals surface area (Å²) in [6.07, 6.45) is 1.07. The van der Waals surface area contributed by atoms with Crippen molar-refractivity contribution in [3.05, 3.63) is 11.4 Å². The Morgan fingerprint density at radius 1 is 1.57 bits per heavy atom. The first-order chi connectivity index (χ1) is 6.79. The lowest BCUT2D eigenvalue weighted by Gasteiger charge is -2.13. The molecule has 1 N–H and O–H groups in total. The molecule has 2 heterocycles. The van der Waals surface area contributed by atoms with Crippen LogP contribution in [0.1, 0.15) is 17.8 Å². The van der Waals surface area contributed by atoms with Gasteiger partial charge in [0.15, 0.2) is 0 Å². The number of aliphatic hydroxyl groups is 1. The Balaban J connectivity index is 1.90. The number of hydrogen-bond donors (Lipinski definition) is 1. The van der Waals surface area contributed by atoms with E-state index in [2.05, 4.69) is 19.8 Å². The molecule has 5 heteroatoms. The second-order valence-electron chi connectivity index (χ2n) is 3.87. The van der Waals surface area contributed by atoms with Gasteiger partial charge in [-0.2, -0.15) is 0 Å². The number of aromatic nitrogens is 2. The molecule has 1 aliphatic heterocycles. The minimum atomic E-state index is 0.284. The van der Waals surface area contributed by atoms with Gasteiger partial charge in [-0.15, -0.1) is 0 Å².